The second-order valence-corrected chi connectivity index (χ2v) is 2.79. The van der Waals surface area contributed by atoms with Gasteiger partial charge in [-0.25, -0.2) is 0 Å². The molecule has 1 aliphatic heterocycles. The highest BCUT2D eigenvalue weighted by atomic mass is 28.1. The maximum Gasteiger partial charge on any atom is 0.309 e. The predicted octanol–water partition coefficient (Wildman–Crippen LogP) is 0.382. The molecule has 0 amide bonds. The van der Waals surface area contributed by atoms with Crippen molar-refractivity contribution >= 4 is 16.2 Å². The standard InChI is InChI=1S/C6H9O2Si/c1-4-5(3-9)2-8-6(4)7/h4-5H,2-3H2,1H3. The van der Waals surface area contributed by atoms with Crippen molar-refractivity contribution in [3.63, 3.8) is 0 Å². The van der Waals surface area contributed by atoms with E-state index in [1.807, 2.05) is 6.92 Å². The molecule has 1 aliphatic rings. The third-order valence-corrected chi connectivity index (χ3v) is 2.31. The summed E-state index contributed by atoms with van der Waals surface area (Å²) in [5.74, 6) is 0.412. The van der Waals surface area contributed by atoms with Crippen molar-refractivity contribution in [1.29, 1.82) is 0 Å². The Morgan fingerprint density at radius 2 is 2.56 bits per heavy atom. The van der Waals surface area contributed by atoms with E-state index in [-0.39, 0.29) is 11.9 Å². The molecule has 3 radical (unpaired) electrons. The number of hydrogen-bond acceptors (Lipinski definition) is 2. The SMILES string of the molecule is CC1C(=O)OCC1C[Si]. The molecule has 0 aliphatic carbocycles. The van der Waals surface area contributed by atoms with Crippen LogP contribution in [0.3, 0.4) is 0 Å². The van der Waals surface area contributed by atoms with E-state index in [2.05, 4.69) is 10.2 Å². The van der Waals surface area contributed by atoms with Crippen molar-refractivity contribution in [2.45, 2.75) is 13.0 Å². The van der Waals surface area contributed by atoms with Crippen LogP contribution >= 0.6 is 0 Å². The van der Waals surface area contributed by atoms with Crippen LogP contribution < -0.4 is 0 Å². The van der Waals surface area contributed by atoms with Crippen LogP contribution in [0.2, 0.25) is 6.04 Å². The minimum atomic E-state index is -0.0572. The number of rotatable bonds is 1. The molecule has 0 aromatic rings. The molecule has 0 N–H and O–H groups in total. The van der Waals surface area contributed by atoms with Gasteiger partial charge in [0.05, 0.1) is 12.5 Å². The predicted molar refractivity (Wildman–Crippen MR) is 34.2 cm³/mol. The number of cyclic esters (lactones) is 1. The Kier molecular flexibility index (Phi) is 1.90. The summed E-state index contributed by atoms with van der Waals surface area (Å²) in [6.07, 6.45) is 0. The fourth-order valence-corrected chi connectivity index (χ4v) is 1.36. The highest BCUT2D eigenvalue weighted by Gasteiger charge is 2.31. The first-order chi connectivity index (χ1) is 4.25. The van der Waals surface area contributed by atoms with Crippen molar-refractivity contribution in [1.82, 2.24) is 0 Å². The van der Waals surface area contributed by atoms with Gasteiger partial charge in [-0.15, -0.1) is 0 Å². The molecule has 1 fully saturated rings. The molecule has 2 nitrogen and oxygen atoms in total. The molecule has 2 atom stereocenters. The van der Waals surface area contributed by atoms with Gasteiger partial charge in [0, 0.05) is 16.2 Å². The smallest absolute Gasteiger partial charge is 0.309 e. The average Bonchev–Trinajstić information content (AvgIpc) is 2.15. The first-order valence-electron chi connectivity index (χ1n) is 3.07. The summed E-state index contributed by atoms with van der Waals surface area (Å²) in [5.41, 5.74) is 0. The summed E-state index contributed by atoms with van der Waals surface area (Å²) >= 11 is 0. The molecule has 0 aromatic carbocycles. The first-order valence-corrected chi connectivity index (χ1v) is 3.77. The minimum absolute atomic E-state index is 0.0572. The lowest BCUT2D eigenvalue weighted by molar-refractivity contribution is -0.140. The fourth-order valence-electron chi connectivity index (χ4n) is 0.893. The van der Waals surface area contributed by atoms with Crippen LogP contribution in [-0.2, 0) is 9.53 Å². The van der Waals surface area contributed by atoms with Crippen molar-refractivity contribution in [3.8, 4) is 0 Å². The van der Waals surface area contributed by atoms with Crippen molar-refractivity contribution in [3.05, 3.63) is 0 Å². The quantitative estimate of drug-likeness (QED) is 0.390. The van der Waals surface area contributed by atoms with Crippen LogP contribution in [0.15, 0.2) is 0 Å². The number of esters is 1. The summed E-state index contributed by atoms with van der Waals surface area (Å²) in [5, 5.41) is 0. The van der Waals surface area contributed by atoms with Gasteiger partial charge >= 0.3 is 5.97 Å². The normalized spacial score (nSPS) is 34.7. The lowest BCUT2D eigenvalue weighted by atomic mass is 10.0. The van der Waals surface area contributed by atoms with E-state index in [0.717, 1.165) is 6.04 Å². The average molecular weight is 141 g/mol. The molecule has 9 heavy (non-hydrogen) atoms. The number of carbonyl (C=O) groups excluding carboxylic acids is 1. The Hall–Kier alpha value is -0.313. The minimum Gasteiger partial charge on any atom is -0.465 e. The third kappa shape index (κ3) is 1.15. The number of hydrogen-bond donors (Lipinski definition) is 0. The summed E-state index contributed by atoms with van der Waals surface area (Å²) in [7, 11) is 3.36. The maximum absolute atomic E-state index is 10.7. The second kappa shape index (κ2) is 2.52. The molecular weight excluding hydrogens is 132 g/mol. The summed E-state index contributed by atoms with van der Waals surface area (Å²) < 4.78 is 4.80. The van der Waals surface area contributed by atoms with Gasteiger partial charge in [0.1, 0.15) is 0 Å². The van der Waals surface area contributed by atoms with Gasteiger partial charge in [-0.2, -0.15) is 0 Å². The molecule has 1 rings (SSSR count). The zero-order chi connectivity index (χ0) is 6.85. The van der Waals surface area contributed by atoms with E-state index in [9.17, 15) is 4.79 Å². The van der Waals surface area contributed by atoms with Crippen molar-refractivity contribution in [2.24, 2.45) is 11.8 Å². The Morgan fingerprint density at radius 3 is 2.78 bits per heavy atom. The monoisotopic (exact) mass is 141 g/mol. The lowest BCUT2D eigenvalue weighted by Gasteiger charge is -2.04. The molecule has 0 bridgehead atoms. The summed E-state index contributed by atoms with van der Waals surface area (Å²) in [6.45, 7) is 2.49. The van der Waals surface area contributed by atoms with Crippen LogP contribution in [0.5, 0.6) is 0 Å². The second-order valence-electron chi connectivity index (χ2n) is 2.38. The molecule has 3 heteroatoms. The van der Waals surface area contributed by atoms with E-state index in [1.165, 1.54) is 0 Å². The van der Waals surface area contributed by atoms with E-state index < -0.39 is 0 Å². The van der Waals surface area contributed by atoms with Gasteiger partial charge in [0.2, 0.25) is 0 Å². The van der Waals surface area contributed by atoms with E-state index in [0.29, 0.717) is 12.5 Å². The fraction of sp³-hybridized carbons (Fsp3) is 0.833. The van der Waals surface area contributed by atoms with Crippen LogP contribution in [0, 0.1) is 11.8 Å². The third-order valence-electron chi connectivity index (χ3n) is 1.78. The zero-order valence-corrected chi connectivity index (χ0v) is 6.39. The zero-order valence-electron chi connectivity index (χ0n) is 5.39. The molecule has 0 saturated carbocycles. The van der Waals surface area contributed by atoms with Crippen LogP contribution in [0.1, 0.15) is 6.92 Å². The van der Waals surface area contributed by atoms with Crippen molar-refractivity contribution in [2.75, 3.05) is 6.61 Å². The summed E-state index contributed by atoms with van der Waals surface area (Å²) in [4.78, 5) is 10.7. The molecular formula is C6H9O2Si. The maximum atomic E-state index is 10.7. The number of ether oxygens (including phenoxy) is 1. The highest BCUT2D eigenvalue weighted by molar-refractivity contribution is 6.08. The van der Waals surface area contributed by atoms with Gasteiger partial charge < -0.3 is 4.74 Å². The van der Waals surface area contributed by atoms with E-state index >= 15 is 0 Å². The Bertz CT molecular complexity index is 124. The number of carbonyl (C=O) groups is 1. The van der Waals surface area contributed by atoms with E-state index in [1.54, 1.807) is 0 Å². The van der Waals surface area contributed by atoms with Crippen molar-refractivity contribution < 1.29 is 9.53 Å². The Morgan fingerprint density at radius 1 is 1.89 bits per heavy atom. The molecule has 0 aromatic heterocycles. The molecule has 49 valence electrons. The molecule has 0 spiro atoms. The first kappa shape index (κ1) is 6.80. The largest absolute Gasteiger partial charge is 0.465 e. The topological polar surface area (TPSA) is 26.3 Å². The van der Waals surface area contributed by atoms with Gasteiger partial charge in [-0.3, -0.25) is 4.79 Å². The van der Waals surface area contributed by atoms with Gasteiger partial charge in [0.25, 0.3) is 0 Å². The van der Waals surface area contributed by atoms with Crippen LogP contribution in [-0.4, -0.2) is 22.8 Å². The van der Waals surface area contributed by atoms with Gasteiger partial charge in [-0.05, 0) is 0 Å². The Labute approximate surface area is 58.0 Å². The molecule has 1 saturated heterocycles. The van der Waals surface area contributed by atoms with Gasteiger partial charge in [-0.1, -0.05) is 13.0 Å². The highest BCUT2D eigenvalue weighted by Crippen LogP contribution is 2.23. The Balaban J connectivity index is 2.51. The lowest BCUT2D eigenvalue weighted by Crippen LogP contribution is -2.10. The summed E-state index contributed by atoms with van der Waals surface area (Å²) in [6, 6.07) is 0.854. The van der Waals surface area contributed by atoms with Crippen LogP contribution in [0.25, 0.3) is 0 Å². The van der Waals surface area contributed by atoms with E-state index in [4.69, 9.17) is 4.74 Å². The van der Waals surface area contributed by atoms with Crippen LogP contribution in [0.4, 0.5) is 0 Å². The van der Waals surface area contributed by atoms with Gasteiger partial charge in [0.15, 0.2) is 0 Å². The molecule has 1 heterocycles. The molecule has 2 unspecified atom stereocenters.